The Labute approximate surface area is 184 Å². The number of anilines is 1. The lowest BCUT2D eigenvalue weighted by molar-refractivity contribution is 0.0756. The predicted octanol–water partition coefficient (Wildman–Crippen LogP) is 2.73. The average molecular weight is 431 g/mol. The minimum atomic E-state index is 0. The van der Waals surface area contributed by atoms with Crippen LogP contribution in [-0.2, 0) is 0 Å². The fourth-order valence-electron chi connectivity index (χ4n) is 4.46. The molecule has 0 bridgehead atoms. The van der Waals surface area contributed by atoms with Gasteiger partial charge in [0.2, 0.25) is 5.95 Å². The topological polar surface area (TPSA) is 65.5 Å². The van der Waals surface area contributed by atoms with Gasteiger partial charge in [-0.1, -0.05) is 0 Å². The van der Waals surface area contributed by atoms with Crippen LogP contribution < -0.4 is 4.90 Å². The van der Waals surface area contributed by atoms with Crippen molar-refractivity contribution in [3.63, 3.8) is 0 Å². The quantitative estimate of drug-likeness (QED) is 0.746. The largest absolute Gasteiger partial charge is 0.341 e. The maximum Gasteiger partial charge on any atom is 0.254 e. The molecule has 2 saturated heterocycles. The zero-order valence-corrected chi connectivity index (χ0v) is 18.6. The summed E-state index contributed by atoms with van der Waals surface area (Å²) in [4.78, 5) is 32.9. The number of pyridine rings is 1. The summed E-state index contributed by atoms with van der Waals surface area (Å²) in [5, 5.41) is 0. The van der Waals surface area contributed by atoms with Gasteiger partial charge in [-0.05, 0) is 51.3 Å². The summed E-state index contributed by atoms with van der Waals surface area (Å²) in [5.74, 6) is 0.988. The molecule has 4 heterocycles. The van der Waals surface area contributed by atoms with Gasteiger partial charge in [0.25, 0.3) is 5.91 Å². The Morgan fingerprint density at radius 1 is 0.933 bits per heavy atom. The molecule has 30 heavy (non-hydrogen) atoms. The van der Waals surface area contributed by atoms with E-state index >= 15 is 0 Å². The maximum absolute atomic E-state index is 12.7. The van der Waals surface area contributed by atoms with Crippen LogP contribution in [0, 0.1) is 13.8 Å². The monoisotopic (exact) mass is 430 g/mol. The van der Waals surface area contributed by atoms with Crippen LogP contribution in [0.4, 0.5) is 5.95 Å². The number of hydrogen-bond donors (Lipinski definition) is 0. The summed E-state index contributed by atoms with van der Waals surface area (Å²) in [6.45, 7) is 9.66. The Morgan fingerprint density at radius 2 is 1.60 bits per heavy atom. The van der Waals surface area contributed by atoms with Gasteiger partial charge in [0, 0.05) is 74.7 Å². The molecule has 2 aromatic rings. The van der Waals surface area contributed by atoms with Crippen molar-refractivity contribution in [3.05, 3.63) is 47.5 Å². The van der Waals surface area contributed by atoms with Crippen LogP contribution in [0.5, 0.6) is 0 Å². The third-order valence-electron chi connectivity index (χ3n) is 5.98. The van der Waals surface area contributed by atoms with Crippen molar-refractivity contribution in [2.75, 3.05) is 44.2 Å². The van der Waals surface area contributed by atoms with Gasteiger partial charge >= 0.3 is 0 Å². The fourth-order valence-corrected chi connectivity index (χ4v) is 4.46. The molecule has 0 radical (unpaired) electrons. The second kappa shape index (κ2) is 10.2. The number of carbonyl (C=O) groups excluding carboxylic acids is 1. The summed E-state index contributed by atoms with van der Waals surface area (Å²) in [6, 6.07) is 6.20. The zero-order chi connectivity index (χ0) is 20.2. The lowest BCUT2D eigenvalue weighted by Crippen LogP contribution is -2.46. The minimum absolute atomic E-state index is 0. The van der Waals surface area contributed by atoms with E-state index in [1.165, 1.54) is 0 Å². The van der Waals surface area contributed by atoms with E-state index in [1.54, 1.807) is 24.5 Å². The van der Waals surface area contributed by atoms with E-state index in [0.717, 1.165) is 81.4 Å². The summed E-state index contributed by atoms with van der Waals surface area (Å²) >= 11 is 0. The number of aromatic nitrogens is 3. The molecular formula is C22H31ClN6O. The number of rotatable bonds is 3. The van der Waals surface area contributed by atoms with Gasteiger partial charge in [-0.25, -0.2) is 9.97 Å². The molecule has 8 heteroatoms. The van der Waals surface area contributed by atoms with E-state index in [4.69, 9.17) is 0 Å². The lowest BCUT2D eigenvalue weighted by Gasteiger charge is -2.38. The molecule has 0 aliphatic carbocycles. The molecule has 1 amide bonds. The smallest absolute Gasteiger partial charge is 0.254 e. The standard InChI is InChI=1S/C22H30N6O.ClH/c1-17-16-18(2)25-22(24-17)28-12-6-20(7-13-28)26-10-3-11-27(15-14-26)21(29)19-4-8-23-9-5-19;/h4-5,8-9,16,20H,3,6-7,10-15H2,1-2H3;1H. The number of aryl methyl sites for hydroxylation is 2. The highest BCUT2D eigenvalue weighted by atomic mass is 35.5. The van der Waals surface area contributed by atoms with Gasteiger partial charge in [0.05, 0.1) is 0 Å². The summed E-state index contributed by atoms with van der Waals surface area (Å²) in [6.07, 6.45) is 6.63. The van der Waals surface area contributed by atoms with E-state index in [1.807, 2.05) is 24.8 Å². The Bertz CT molecular complexity index is 821. The first kappa shape index (κ1) is 22.4. The molecule has 2 aliphatic rings. The SMILES string of the molecule is Cc1cc(C)nc(N2CCC(N3CCCN(C(=O)c4ccncc4)CC3)CC2)n1.Cl. The molecule has 0 unspecified atom stereocenters. The Balaban J connectivity index is 0.00000256. The Morgan fingerprint density at radius 3 is 2.27 bits per heavy atom. The molecule has 0 atom stereocenters. The predicted molar refractivity (Wildman–Crippen MR) is 120 cm³/mol. The van der Waals surface area contributed by atoms with Gasteiger partial charge < -0.3 is 9.80 Å². The first-order valence-corrected chi connectivity index (χ1v) is 10.6. The Hall–Kier alpha value is -2.25. The van der Waals surface area contributed by atoms with E-state index in [9.17, 15) is 4.79 Å². The van der Waals surface area contributed by atoms with Crippen LogP contribution in [-0.4, -0.2) is 76.0 Å². The molecule has 7 nitrogen and oxygen atoms in total. The fraction of sp³-hybridized carbons (Fsp3) is 0.545. The van der Waals surface area contributed by atoms with Crippen LogP contribution in [0.25, 0.3) is 0 Å². The van der Waals surface area contributed by atoms with Crippen molar-refractivity contribution in [1.29, 1.82) is 0 Å². The molecule has 162 valence electrons. The van der Waals surface area contributed by atoms with Gasteiger partial charge in [0.15, 0.2) is 0 Å². The van der Waals surface area contributed by atoms with Crippen molar-refractivity contribution < 1.29 is 4.79 Å². The molecular weight excluding hydrogens is 400 g/mol. The Kier molecular flexibility index (Phi) is 7.61. The number of hydrogen-bond acceptors (Lipinski definition) is 6. The number of nitrogens with zero attached hydrogens (tertiary/aromatic N) is 6. The highest BCUT2D eigenvalue weighted by molar-refractivity contribution is 5.94. The van der Waals surface area contributed by atoms with Gasteiger partial charge in [-0.3, -0.25) is 14.7 Å². The second-order valence-corrected chi connectivity index (χ2v) is 8.09. The van der Waals surface area contributed by atoms with Crippen molar-refractivity contribution in [1.82, 2.24) is 24.8 Å². The average Bonchev–Trinajstić information content (AvgIpc) is 3.00. The first-order valence-electron chi connectivity index (χ1n) is 10.6. The molecule has 4 rings (SSSR count). The van der Waals surface area contributed by atoms with E-state index < -0.39 is 0 Å². The summed E-state index contributed by atoms with van der Waals surface area (Å²) in [5.41, 5.74) is 2.79. The molecule has 0 N–H and O–H groups in total. The van der Waals surface area contributed by atoms with Crippen LogP contribution in [0.3, 0.4) is 0 Å². The normalized spacial score (nSPS) is 18.6. The molecule has 2 aromatic heterocycles. The molecule has 2 aliphatic heterocycles. The lowest BCUT2D eigenvalue weighted by atomic mass is 10.0. The highest BCUT2D eigenvalue weighted by Gasteiger charge is 2.28. The summed E-state index contributed by atoms with van der Waals surface area (Å²) < 4.78 is 0. The van der Waals surface area contributed by atoms with E-state index in [0.29, 0.717) is 6.04 Å². The van der Waals surface area contributed by atoms with Crippen molar-refractivity contribution in [3.8, 4) is 0 Å². The summed E-state index contributed by atoms with van der Waals surface area (Å²) in [7, 11) is 0. The van der Waals surface area contributed by atoms with E-state index in [-0.39, 0.29) is 18.3 Å². The minimum Gasteiger partial charge on any atom is -0.341 e. The van der Waals surface area contributed by atoms with E-state index in [2.05, 4.69) is 24.8 Å². The van der Waals surface area contributed by atoms with Crippen molar-refractivity contribution >= 4 is 24.3 Å². The van der Waals surface area contributed by atoms with Gasteiger partial charge in [-0.2, -0.15) is 0 Å². The van der Waals surface area contributed by atoms with Crippen LogP contribution >= 0.6 is 12.4 Å². The molecule has 0 saturated carbocycles. The van der Waals surface area contributed by atoms with Crippen LogP contribution in [0.1, 0.15) is 41.0 Å². The zero-order valence-electron chi connectivity index (χ0n) is 17.8. The third-order valence-corrected chi connectivity index (χ3v) is 5.98. The van der Waals surface area contributed by atoms with Gasteiger partial charge in [0.1, 0.15) is 0 Å². The number of amides is 1. The van der Waals surface area contributed by atoms with Crippen molar-refractivity contribution in [2.45, 2.75) is 39.2 Å². The van der Waals surface area contributed by atoms with Crippen molar-refractivity contribution in [2.24, 2.45) is 0 Å². The number of piperidine rings is 1. The molecule has 0 spiro atoms. The maximum atomic E-state index is 12.7. The number of carbonyl (C=O) groups is 1. The van der Waals surface area contributed by atoms with Crippen LogP contribution in [0.15, 0.2) is 30.6 Å². The highest BCUT2D eigenvalue weighted by Crippen LogP contribution is 2.22. The van der Waals surface area contributed by atoms with Crippen LogP contribution in [0.2, 0.25) is 0 Å². The second-order valence-electron chi connectivity index (χ2n) is 8.09. The first-order chi connectivity index (χ1) is 14.1. The molecule has 0 aromatic carbocycles. The molecule has 2 fully saturated rings. The number of halogens is 1. The van der Waals surface area contributed by atoms with Gasteiger partial charge in [-0.15, -0.1) is 12.4 Å². The third kappa shape index (κ3) is 5.26.